The van der Waals surface area contributed by atoms with E-state index in [2.05, 4.69) is 0 Å². The molecule has 0 heterocycles. The molecule has 16 heteroatoms. The maximum absolute atomic E-state index is 11.3. The van der Waals surface area contributed by atoms with Crippen molar-refractivity contribution in [3.05, 3.63) is 56.6 Å². The number of hydrogen-bond donors (Lipinski definition) is 2. The van der Waals surface area contributed by atoms with E-state index in [-0.39, 0.29) is 24.7 Å². The van der Waals surface area contributed by atoms with Crippen LogP contribution >= 0.6 is 0 Å². The molecule has 0 amide bonds. The zero-order valence-corrected chi connectivity index (χ0v) is 16.5. The van der Waals surface area contributed by atoms with Gasteiger partial charge in [-0.25, -0.2) is 27.1 Å². The summed E-state index contributed by atoms with van der Waals surface area (Å²) in [7, 11) is -8.33. The second-order valence-electron chi connectivity index (χ2n) is 5.56. The molecular formula is C14H14N4O10S2. The van der Waals surface area contributed by atoms with Crippen LogP contribution in [0.5, 0.6) is 11.5 Å². The third-order valence-corrected chi connectivity index (χ3v) is 5.33. The van der Waals surface area contributed by atoms with Crippen molar-refractivity contribution in [2.75, 3.05) is 13.2 Å². The van der Waals surface area contributed by atoms with E-state index in [0.717, 1.165) is 36.4 Å². The van der Waals surface area contributed by atoms with Crippen LogP contribution in [-0.4, -0.2) is 39.9 Å². The zero-order chi connectivity index (χ0) is 22.7. The van der Waals surface area contributed by atoms with Crippen molar-refractivity contribution in [3.63, 3.8) is 0 Å². The molecule has 0 spiro atoms. The van der Waals surface area contributed by atoms with Gasteiger partial charge < -0.3 is 9.47 Å². The number of sulfonamides is 2. The summed E-state index contributed by atoms with van der Waals surface area (Å²) in [6.45, 7) is -0.632. The lowest BCUT2D eigenvalue weighted by molar-refractivity contribution is -0.386. The molecule has 0 unspecified atom stereocenters. The van der Waals surface area contributed by atoms with E-state index in [4.69, 9.17) is 19.8 Å². The van der Waals surface area contributed by atoms with Crippen LogP contribution in [0.25, 0.3) is 0 Å². The van der Waals surface area contributed by atoms with Crippen LogP contribution in [0.3, 0.4) is 0 Å². The summed E-state index contributed by atoms with van der Waals surface area (Å²) in [4.78, 5) is 19.5. The SMILES string of the molecule is NS(=O)(=O)c1ccc(OCCOc2ccc(S(N)(=O)=O)cc2[N+](=O)[O-])c([N+](=O)[O-])c1. The second kappa shape index (κ2) is 8.57. The predicted octanol–water partition coefficient (Wildman–Crippen LogP) is 0.256. The normalized spacial score (nSPS) is 11.7. The Balaban J connectivity index is 2.14. The third kappa shape index (κ3) is 5.60. The average molecular weight is 462 g/mol. The Morgan fingerprint density at radius 3 is 1.33 bits per heavy atom. The highest BCUT2D eigenvalue weighted by molar-refractivity contribution is 7.89. The second-order valence-corrected chi connectivity index (χ2v) is 8.68. The molecule has 2 rings (SSSR count). The molecule has 0 aliphatic carbocycles. The number of nitrogens with two attached hydrogens (primary N) is 2. The molecule has 2 aromatic carbocycles. The van der Waals surface area contributed by atoms with Gasteiger partial charge >= 0.3 is 11.4 Å². The van der Waals surface area contributed by atoms with Gasteiger partial charge in [0.05, 0.1) is 19.6 Å². The summed E-state index contributed by atoms with van der Waals surface area (Å²) in [6.07, 6.45) is 0. The smallest absolute Gasteiger partial charge is 0.312 e. The van der Waals surface area contributed by atoms with E-state index in [1.807, 2.05) is 0 Å². The Morgan fingerprint density at radius 2 is 1.07 bits per heavy atom. The largest absolute Gasteiger partial charge is 0.483 e. The van der Waals surface area contributed by atoms with E-state index in [0.29, 0.717) is 0 Å². The number of nitro benzene ring substituents is 2. The van der Waals surface area contributed by atoms with E-state index in [1.165, 1.54) is 0 Å². The lowest BCUT2D eigenvalue weighted by Gasteiger charge is -2.10. The summed E-state index contributed by atoms with van der Waals surface area (Å²) in [5.41, 5.74) is -1.32. The number of nitrogens with zero attached hydrogens (tertiary/aromatic N) is 2. The van der Waals surface area contributed by atoms with Crippen LogP contribution in [0.4, 0.5) is 11.4 Å². The molecule has 0 aliphatic rings. The van der Waals surface area contributed by atoms with Crippen LogP contribution in [-0.2, 0) is 20.0 Å². The first-order valence-corrected chi connectivity index (χ1v) is 10.8. The van der Waals surface area contributed by atoms with Crippen LogP contribution in [0, 0.1) is 20.2 Å². The van der Waals surface area contributed by atoms with Gasteiger partial charge in [0.25, 0.3) is 0 Å². The minimum absolute atomic E-state index is 0.282. The number of primary sulfonamides is 2. The Morgan fingerprint density at radius 1 is 0.733 bits per heavy atom. The molecule has 0 aliphatic heterocycles. The van der Waals surface area contributed by atoms with Crippen molar-refractivity contribution >= 4 is 31.4 Å². The molecule has 0 atom stereocenters. The standard InChI is InChI=1S/C14H14N4O10S2/c15-29(23,24)9-1-3-13(11(7-9)17(19)20)27-5-6-28-14-4-2-10(30(16,25)26)8-12(14)18(21)22/h1-4,7-8H,5-6H2,(H2,15,23,24)(H2,16,25,26). The maximum atomic E-state index is 11.3. The average Bonchev–Trinajstić information content (AvgIpc) is 2.63. The maximum Gasteiger partial charge on any atom is 0.312 e. The van der Waals surface area contributed by atoms with E-state index < -0.39 is 51.1 Å². The first-order chi connectivity index (χ1) is 13.8. The number of hydrogen-bond acceptors (Lipinski definition) is 10. The molecular weight excluding hydrogens is 448 g/mol. The number of rotatable bonds is 9. The molecule has 162 valence electrons. The Kier molecular flexibility index (Phi) is 6.56. The molecule has 2 aromatic rings. The van der Waals surface area contributed by atoms with Gasteiger partial charge in [0, 0.05) is 12.1 Å². The fourth-order valence-corrected chi connectivity index (χ4v) is 3.25. The van der Waals surface area contributed by atoms with Crippen molar-refractivity contribution in [2.45, 2.75) is 9.79 Å². The van der Waals surface area contributed by atoms with Crippen molar-refractivity contribution in [1.29, 1.82) is 0 Å². The van der Waals surface area contributed by atoms with Gasteiger partial charge in [-0.05, 0) is 24.3 Å². The quantitative estimate of drug-likeness (QED) is 0.293. The molecule has 0 radical (unpaired) electrons. The first kappa shape index (κ1) is 22.9. The van der Waals surface area contributed by atoms with Gasteiger partial charge in [-0.2, -0.15) is 0 Å². The van der Waals surface area contributed by atoms with E-state index in [1.54, 1.807) is 0 Å². The Hall–Kier alpha value is -3.34. The zero-order valence-electron chi connectivity index (χ0n) is 14.8. The fraction of sp³-hybridized carbons (Fsp3) is 0.143. The van der Waals surface area contributed by atoms with Gasteiger partial charge in [-0.3, -0.25) is 20.2 Å². The molecule has 30 heavy (non-hydrogen) atoms. The van der Waals surface area contributed by atoms with Crippen molar-refractivity contribution < 1.29 is 36.2 Å². The van der Waals surface area contributed by atoms with Gasteiger partial charge in [-0.1, -0.05) is 0 Å². The van der Waals surface area contributed by atoms with Gasteiger partial charge in [0.2, 0.25) is 20.0 Å². The van der Waals surface area contributed by atoms with Crippen molar-refractivity contribution in [3.8, 4) is 11.5 Å². The highest BCUT2D eigenvalue weighted by Crippen LogP contribution is 2.31. The lowest BCUT2D eigenvalue weighted by atomic mass is 10.3. The molecule has 0 saturated heterocycles. The van der Waals surface area contributed by atoms with Crippen molar-refractivity contribution in [1.82, 2.24) is 0 Å². The minimum Gasteiger partial charge on any atom is -0.483 e. The molecule has 4 N–H and O–H groups in total. The third-order valence-electron chi connectivity index (χ3n) is 3.51. The van der Waals surface area contributed by atoms with Crippen LogP contribution in [0.15, 0.2) is 46.2 Å². The summed E-state index contributed by atoms with van der Waals surface area (Å²) in [5.74, 6) is -0.565. The molecule has 14 nitrogen and oxygen atoms in total. The predicted molar refractivity (Wildman–Crippen MR) is 99.9 cm³/mol. The first-order valence-electron chi connectivity index (χ1n) is 7.69. The van der Waals surface area contributed by atoms with Crippen LogP contribution < -0.4 is 19.8 Å². The number of nitro groups is 2. The van der Waals surface area contributed by atoms with Crippen LogP contribution in [0.2, 0.25) is 0 Å². The number of benzene rings is 2. The van der Waals surface area contributed by atoms with Gasteiger partial charge in [0.15, 0.2) is 11.5 Å². The minimum atomic E-state index is -4.16. The summed E-state index contributed by atoms with van der Waals surface area (Å²) < 4.78 is 55.6. The van der Waals surface area contributed by atoms with Gasteiger partial charge in [0.1, 0.15) is 13.2 Å². The molecule has 0 fully saturated rings. The highest BCUT2D eigenvalue weighted by atomic mass is 32.2. The monoisotopic (exact) mass is 462 g/mol. The Labute approximate surface area is 169 Å². The molecule has 0 aromatic heterocycles. The number of ether oxygens (including phenoxy) is 2. The van der Waals surface area contributed by atoms with Crippen molar-refractivity contribution in [2.24, 2.45) is 10.3 Å². The molecule has 0 bridgehead atoms. The Bertz CT molecular complexity index is 1120. The van der Waals surface area contributed by atoms with E-state index >= 15 is 0 Å². The highest BCUT2D eigenvalue weighted by Gasteiger charge is 2.22. The van der Waals surface area contributed by atoms with Crippen LogP contribution in [0.1, 0.15) is 0 Å². The van der Waals surface area contributed by atoms with E-state index in [9.17, 15) is 37.1 Å². The summed E-state index contributed by atoms with van der Waals surface area (Å²) in [6, 6.07) is 5.53. The fourth-order valence-electron chi connectivity index (χ4n) is 2.18. The summed E-state index contributed by atoms with van der Waals surface area (Å²) >= 11 is 0. The summed E-state index contributed by atoms with van der Waals surface area (Å²) in [5, 5.41) is 32.1. The van der Waals surface area contributed by atoms with Gasteiger partial charge in [-0.15, -0.1) is 0 Å². The molecule has 0 saturated carbocycles. The lowest BCUT2D eigenvalue weighted by Crippen LogP contribution is -2.14. The topological polar surface area (TPSA) is 225 Å².